The zero-order valence-electron chi connectivity index (χ0n) is 11.2. The summed E-state index contributed by atoms with van der Waals surface area (Å²) in [5, 5.41) is 0. The monoisotopic (exact) mass is 452 g/mol. The van der Waals surface area contributed by atoms with Crippen molar-refractivity contribution >= 4 is 58.9 Å². The molecule has 1 heterocycles. The second-order valence-electron chi connectivity index (χ2n) is 4.49. The van der Waals surface area contributed by atoms with E-state index in [1.807, 2.05) is 12.1 Å². The molecule has 0 saturated heterocycles. The maximum absolute atomic E-state index is 12.3. The lowest BCUT2D eigenvalue weighted by molar-refractivity contribution is 0.581. The number of benzene rings is 1. The van der Waals surface area contributed by atoms with Crippen LogP contribution in [0, 0.1) is 6.92 Å². The van der Waals surface area contributed by atoms with Crippen LogP contribution in [0.1, 0.15) is 10.4 Å². The van der Waals surface area contributed by atoms with Crippen molar-refractivity contribution in [2.24, 2.45) is 0 Å². The van der Waals surface area contributed by atoms with Gasteiger partial charge in [-0.25, -0.2) is 13.1 Å². The minimum Gasteiger partial charge on any atom is -0.398 e. The topological polar surface area (TPSA) is 72.2 Å². The van der Waals surface area contributed by atoms with Gasteiger partial charge in [0.1, 0.15) is 0 Å². The summed E-state index contributed by atoms with van der Waals surface area (Å²) >= 11 is 8.27. The minimum atomic E-state index is -3.55. The Bertz CT molecular complexity index is 758. The van der Waals surface area contributed by atoms with Gasteiger partial charge in [-0.1, -0.05) is 0 Å². The fourth-order valence-electron chi connectivity index (χ4n) is 1.83. The third-order valence-electron chi connectivity index (χ3n) is 2.88. The fraction of sp³-hybridized carbons (Fsp3) is 0.231. The van der Waals surface area contributed by atoms with Gasteiger partial charge in [0.25, 0.3) is 0 Å². The number of hydrogen-bond acceptors (Lipinski definition) is 4. The number of thiophene rings is 1. The Hall–Kier alpha value is -0.410. The van der Waals surface area contributed by atoms with Gasteiger partial charge in [-0.3, -0.25) is 0 Å². The van der Waals surface area contributed by atoms with Crippen LogP contribution in [0.3, 0.4) is 0 Å². The van der Waals surface area contributed by atoms with Crippen molar-refractivity contribution in [2.75, 3.05) is 12.3 Å². The van der Waals surface area contributed by atoms with Gasteiger partial charge in [0.15, 0.2) is 0 Å². The maximum atomic E-state index is 12.3. The summed E-state index contributed by atoms with van der Waals surface area (Å²) < 4.78 is 29.0. The van der Waals surface area contributed by atoms with E-state index in [-0.39, 0.29) is 4.90 Å². The second-order valence-corrected chi connectivity index (χ2v) is 9.63. The highest BCUT2D eigenvalue weighted by molar-refractivity contribution is 9.11. The third kappa shape index (κ3) is 4.29. The average Bonchev–Trinajstić information content (AvgIpc) is 2.79. The molecule has 114 valence electrons. The van der Waals surface area contributed by atoms with Crippen molar-refractivity contribution in [3.63, 3.8) is 0 Å². The van der Waals surface area contributed by atoms with Crippen LogP contribution in [-0.2, 0) is 16.4 Å². The van der Waals surface area contributed by atoms with E-state index in [0.29, 0.717) is 28.7 Å². The SMILES string of the molecule is Cc1cc(Br)c(N)cc1S(=O)(=O)NCCc1ccc(Br)s1. The lowest BCUT2D eigenvalue weighted by Gasteiger charge is -2.11. The highest BCUT2D eigenvalue weighted by Crippen LogP contribution is 2.26. The molecule has 2 rings (SSSR count). The quantitative estimate of drug-likeness (QED) is 0.678. The molecule has 0 bridgehead atoms. The standard InChI is InChI=1S/C13H14Br2N2O2S2/c1-8-6-10(14)11(16)7-12(8)21(18,19)17-5-4-9-2-3-13(15)20-9/h2-3,6-7,17H,4-5,16H2,1H3. The number of hydrogen-bond donors (Lipinski definition) is 2. The van der Waals surface area contributed by atoms with Gasteiger partial charge < -0.3 is 5.73 Å². The Labute approximate surface area is 145 Å². The van der Waals surface area contributed by atoms with E-state index < -0.39 is 10.0 Å². The van der Waals surface area contributed by atoms with Gasteiger partial charge in [-0.05, 0) is 75.0 Å². The first-order valence-electron chi connectivity index (χ1n) is 6.09. The van der Waals surface area contributed by atoms with Crippen LogP contribution in [0.15, 0.2) is 37.4 Å². The Balaban J connectivity index is 2.10. The Morgan fingerprint density at radius 3 is 2.62 bits per heavy atom. The van der Waals surface area contributed by atoms with Crippen LogP contribution in [0.25, 0.3) is 0 Å². The van der Waals surface area contributed by atoms with Gasteiger partial charge in [0, 0.05) is 21.6 Å². The predicted molar refractivity (Wildman–Crippen MR) is 94.2 cm³/mol. The molecule has 8 heteroatoms. The summed E-state index contributed by atoms with van der Waals surface area (Å²) in [4.78, 5) is 1.34. The first-order chi connectivity index (χ1) is 9.79. The Morgan fingerprint density at radius 2 is 2.00 bits per heavy atom. The number of aryl methyl sites for hydroxylation is 1. The Morgan fingerprint density at radius 1 is 1.29 bits per heavy atom. The molecule has 4 nitrogen and oxygen atoms in total. The van der Waals surface area contributed by atoms with E-state index in [4.69, 9.17) is 5.73 Å². The van der Waals surface area contributed by atoms with E-state index in [9.17, 15) is 8.42 Å². The van der Waals surface area contributed by atoms with E-state index in [2.05, 4.69) is 36.6 Å². The molecule has 0 saturated carbocycles. The second kappa shape index (κ2) is 6.78. The van der Waals surface area contributed by atoms with Crippen molar-refractivity contribution in [1.29, 1.82) is 0 Å². The zero-order chi connectivity index (χ0) is 15.6. The molecule has 0 radical (unpaired) electrons. The van der Waals surface area contributed by atoms with Gasteiger partial charge in [0.05, 0.1) is 8.68 Å². The van der Waals surface area contributed by atoms with E-state index in [1.165, 1.54) is 6.07 Å². The summed E-state index contributed by atoms with van der Waals surface area (Å²) in [5.74, 6) is 0. The number of halogens is 2. The lowest BCUT2D eigenvalue weighted by atomic mass is 10.2. The van der Waals surface area contributed by atoms with Gasteiger partial charge >= 0.3 is 0 Å². The number of nitrogens with two attached hydrogens (primary N) is 1. The van der Waals surface area contributed by atoms with E-state index >= 15 is 0 Å². The third-order valence-corrected chi connectivity index (χ3v) is 6.85. The summed E-state index contributed by atoms with van der Waals surface area (Å²) in [6.45, 7) is 2.10. The van der Waals surface area contributed by atoms with Gasteiger partial charge in [-0.2, -0.15) is 0 Å². The van der Waals surface area contributed by atoms with E-state index in [1.54, 1.807) is 24.3 Å². The normalized spacial score (nSPS) is 11.8. The molecule has 0 spiro atoms. The molecule has 1 aromatic heterocycles. The van der Waals surface area contributed by atoms with Crippen LogP contribution < -0.4 is 10.5 Å². The van der Waals surface area contributed by atoms with Gasteiger partial charge in [0.2, 0.25) is 10.0 Å². The molecule has 0 atom stereocenters. The molecule has 0 aliphatic heterocycles. The molecule has 1 aromatic carbocycles. The lowest BCUT2D eigenvalue weighted by Crippen LogP contribution is -2.26. The fourth-order valence-corrected chi connectivity index (χ4v) is 5.06. The summed E-state index contributed by atoms with van der Waals surface area (Å²) in [6.07, 6.45) is 0.653. The molecule has 0 aliphatic rings. The number of sulfonamides is 1. The predicted octanol–water partition coefficient (Wildman–Crippen LogP) is 3.68. The van der Waals surface area contributed by atoms with Gasteiger partial charge in [-0.15, -0.1) is 11.3 Å². The van der Waals surface area contributed by atoms with Crippen molar-refractivity contribution < 1.29 is 8.42 Å². The number of nitrogen functional groups attached to an aromatic ring is 1. The molecule has 21 heavy (non-hydrogen) atoms. The first-order valence-corrected chi connectivity index (χ1v) is 9.97. The van der Waals surface area contributed by atoms with Crippen molar-refractivity contribution in [1.82, 2.24) is 4.72 Å². The number of rotatable bonds is 5. The summed E-state index contributed by atoms with van der Waals surface area (Å²) in [6, 6.07) is 7.11. The summed E-state index contributed by atoms with van der Waals surface area (Å²) in [7, 11) is -3.55. The smallest absolute Gasteiger partial charge is 0.240 e. The summed E-state index contributed by atoms with van der Waals surface area (Å²) in [5.41, 5.74) is 6.83. The van der Waals surface area contributed by atoms with Crippen LogP contribution in [0.5, 0.6) is 0 Å². The molecular weight excluding hydrogens is 440 g/mol. The zero-order valence-corrected chi connectivity index (χ0v) is 16.0. The molecule has 0 unspecified atom stereocenters. The first kappa shape index (κ1) is 17.0. The number of anilines is 1. The highest BCUT2D eigenvalue weighted by Gasteiger charge is 2.18. The molecule has 0 amide bonds. The highest BCUT2D eigenvalue weighted by atomic mass is 79.9. The molecule has 0 fully saturated rings. The largest absolute Gasteiger partial charge is 0.398 e. The van der Waals surface area contributed by atoms with Crippen LogP contribution >= 0.6 is 43.2 Å². The molecular formula is C13H14Br2N2O2S2. The van der Waals surface area contributed by atoms with E-state index in [0.717, 1.165) is 8.66 Å². The Kier molecular flexibility index (Phi) is 5.48. The van der Waals surface area contributed by atoms with Crippen LogP contribution in [0.4, 0.5) is 5.69 Å². The van der Waals surface area contributed by atoms with Crippen molar-refractivity contribution in [2.45, 2.75) is 18.2 Å². The molecule has 2 aromatic rings. The van der Waals surface area contributed by atoms with Crippen LogP contribution in [0.2, 0.25) is 0 Å². The van der Waals surface area contributed by atoms with Crippen molar-refractivity contribution in [3.8, 4) is 0 Å². The van der Waals surface area contributed by atoms with Crippen molar-refractivity contribution in [3.05, 3.63) is 43.0 Å². The average molecular weight is 454 g/mol. The molecule has 0 aliphatic carbocycles. The van der Waals surface area contributed by atoms with Crippen LogP contribution in [-0.4, -0.2) is 15.0 Å². The minimum absolute atomic E-state index is 0.218. The molecule has 3 N–H and O–H groups in total. The maximum Gasteiger partial charge on any atom is 0.240 e. The number of nitrogens with one attached hydrogen (secondary N) is 1.